The number of carbonyl (C=O) groups is 1. The van der Waals surface area contributed by atoms with Gasteiger partial charge in [-0.25, -0.2) is 4.79 Å². The molecule has 0 fully saturated rings. The highest BCUT2D eigenvalue weighted by atomic mass is 16.5. The third kappa shape index (κ3) is 4.17. The van der Waals surface area contributed by atoms with Crippen molar-refractivity contribution in [2.75, 3.05) is 20.3 Å². The van der Waals surface area contributed by atoms with Gasteiger partial charge in [-0.15, -0.1) is 0 Å². The Morgan fingerprint density at radius 1 is 1.21 bits per heavy atom. The zero-order valence-corrected chi connectivity index (χ0v) is 16.7. The summed E-state index contributed by atoms with van der Waals surface area (Å²) < 4.78 is 12.4. The molecular weight excluding hydrogens is 370 g/mol. The first-order chi connectivity index (χ1) is 14.2. The Bertz CT molecular complexity index is 963. The lowest BCUT2D eigenvalue weighted by molar-refractivity contribution is 0.0515. The normalized spacial score (nSPS) is 13.9. The number of nitrogens with zero attached hydrogens (tertiary/aromatic N) is 4. The number of esters is 1. The van der Waals surface area contributed by atoms with Gasteiger partial charge in [-0.2, -0.15) is 10.2 Å². The molecule has 0 bridgehead atoms. The molecule has 1 aromatic carbocycles. The summed E-state index contributed by atoms with van der Waals surface area (Å²) in [5.74, 6) is 0.459. The number of aromatic amines is 1. The molecule has 8 heteroatoms. The minimum absolute atomic E-state index is 0.331. The number of aromatic nitrogens is 4. The summed E-state index contributed by atoms with van der Waals surface area (Å²) >= 11 is 0. The number of hydrogen-bond acceptors (Lipinski definition) is 6. The highest BCUT2D eigenvalue weighted by molar-refractivity contribution is 5.89. The van der Waals surface area contributed by atoms with Gasteiger partial charge in [0.1, 0.15) is 5.75 Å². The van der Waals surface area contributed by atoms with Crippen LogP contribution in [0, 0.1) is 0 Å². The molecule has 0 aliphatic carbocycles. The maximum absolute atomic E-state index is 12.5. The van der Waals surface area contributed by atoms with Crippen molar-refractivity contribution < 1.29 is 14.3 Å². The van der Waals surface area contributed by atoms with Gasteiger partial charge in [0.25, 0.3) is 0 Å². The summed E-state index contributed by atoms with van der Waals surface area (Å²) in [5.41, 5.74) is 4.72. The Kier molecular flexibility index (Phi) is 5.62. The lowest BCUT2D eigenvalue weighted by atomic mass is 10.0. The Morgan fingerprint density at radius 3 is 2.72 bits per heavy atom. The van der Waals surface area contributed by atoms with Gasteiger partial charge in [-0.1, -0.05) is 12.1 Å². The fourth-order valence-corrected chi connectivity index (χ4v) is 3.70. The topological polar surface area (TPSA) is 85.3 Å². The minimum atomic E-state index is -0.359. The highest BCUT2D eigenvalue weighted by Crippen LogP contribution is 2.25. The fourth-order valence-electron chi connectivity index (χ4n) is 3.70. The molecule has 1 aliphatic rings. The first-order valence-electron chi connectivity index (χ1n) is 9.76. The third-order valence-corrected chi connectivity index (χ3v) is 5.13. The van der Waals surface area contributed by atoms with E-state index in [0.717, 1.165) is 47.6 Å². The third-order valence-electron chi connectivity index (χ3n) is 5.13. The molecule has 0 amide bonds. The molecule has 2 aromatic heterocycles. The maximum atomic E-state index is 12.5. The van der Waals surface area contributed by atoms with Crippen LogP contribution in [0.4, 0.5) is 0 Å². The number of ether oxygens (including phenoxy) is 2. The molecule has 1 N–H and O–H groups in total. The zero-order chi connectivity index (χ0) is 20.2. The quantitative estimate of drug-likeness (QED) is 0.619. The van der Waals surface area contributed by atoms with Gasteiger partial charge in [0, 0.05) is 49.1 Å². The van der Waals surface area contributed by atoms with Crippen molar-refractivity contribution in [1.29, 1.82) is 0 Å². The molecule has 0 unspecified atom stereocenters. The largest absolute Gasteiger partial charge is 0.497 e. The van der Waals surface area contributed by atoms with E-state index in [2.05, 4.69) is 20.2 Å². The molecule has 4 rings (SSSR count). The zero-order valence-electron chi connectivity index (χ0n) is 16.7. The lowest BCUT2D eigenvalue weighted by Gasteiger charge is -2.27. The van der Waals surface area contributed by atoms with Crippen molar-refractivity contribution in [2.45, 2.75) is 33.0 Å². The standard InChI is InChI=1S/C21H25N5O3/c1-3-29-21(27)20-18-14-25(12-16-10-22-23-11-16)9-8-19(18)26(24-20)13-15-4-6-17(28-2)7-5-15/h4-7,10-11H,3,8-9,12-14H2,1-2H3,(H,22,23). The second-order valence-corrected chi connectivity index (χ2v) is 7.07. The van der Waals surface area contributed by atoms with Crippen molar-refractivity contribution in [3.63, 3.8) is 0 Å². The Morgan fingerprint density at radius 2 is 2.03 bits per heavy atom. The van der Waals surface area contributed by atoms with E-state index in [1.54, 1.807) is 7.11 Å². The van der Waals surface area contributed by atoms with Gasteiger partial charge in [0.2, 0.25) is 0 Å². The van der Waals surface area contributed by atoms with Crippen LogP contribution in [0.3, 0.4) is 0 Å². The summed E-state index contributed by atoms with van der Waals surface area (Å²) in [7, 11) is 1.65. The van der Waals surface area contributed by atoms with Crippen molar-refractivity contribution in [3.05, 3.63) is 64.7 Å². The van der Waals surface area contributed by atoms with Gasteiger partial charge in [-0.05, 0) is 24.6 Å². The van der Waals surface area contributed by atoms with Crippen LogP contribution < -0.4 is 4.74 Å². The fraction of sp³-hybridized carbons (Fsp3) is 0.381. The SMILES string of the molecule is CCOC(=O)c1nn(Cc2ccc(OC)cc2)c2c1CN(Cc1cn[nH]c1)CC2. The van der Waals surface area contributed by atoms with Gasteiger partial charge < -0.3 is 9.47 Å². The van der Waals surface area contributed by atoms with E-state index in [1.165, 1.54) is 0 Å². The molecule has 1 aliphatic heterocycles. The maximum Gasteiger partial charge on any atom is 0.359 e. The second-order valence-electron chi connectivity index (χ2n) is 7.07. The molecule has 29 heavy (non-hydrogen) atoms. The predicted molar refractivity (Wildman–Crippen MR) is 107 cm³/mol. The number of fused-ring (bicyclic) bond motifs is 1. The van der Waals surface area contributed by atoms with Crippen LogP contribution >= 0.6 is 0 Å². The molecule has 0 atom stereocenters. The van der Waals surface area contributed by atoms with Crippen LogP contribution in [0.2, 0.25) is 0 Å². The van der Waals surface area contributed by atoms with Gasteiger partial charge in [0.15, 0.2) is 5.69 Å². The van der Waals surface area contributed by atoms with E-state index in [0.29, 0.717) is 25.4 Å². The van der Waals surface area contributed by atoms with Crippen LogP contribution in [-0.4, -0.2) is 51.1 Å². The number of rotatable bonds is 7. The van der Waals surface area contributed by atoms with Crippen molar-refractivity contribution in [1.82, 2.24) is 24.9 Å². The first-order valence-corrected chi connectivity index (χ1v) is 9.76. The summed E-state index contributed by atoms with van der Waals surface area (Å²) in [6.07, 6.45) is 4.56. The van der Waals surface area contributed by atoms with Crippen LogP contribution in [-0.2, 0) is 30.8 Å². The highest BCUT2D eigenvalue weighted by Gasteiger charge is 2.29. The molecule has 3 heterocycles. The van der Waals surface area contributed by atoms with E-state index in [4.69, 9.17) is 9.47 Å². The van der Waals surface area contributed by atoms with E-state index < -0.39 is 0 Å². The summed E-state index contributed by atoms with van der Waals surface area (Å²) in [4.78, 5) is 14.8. The summed E-state index contributed by atoms with van der Waals surface area (Å²) in [6.45, 7) is 5.09. The van der Waals surface area contributed by atoms with Crippen molar-refractivity contribution in [3.8, 4) is 5.75 Å². The molecule has 152 valence electrons. The van der Waals surface area contributed by atoms with Crippen LogP contribution in [0.25, 0.3) is 0 Å². The molecule has 0 spiro atoms. The molecular formula is C21H25N5O3. The van der Waals surface area contributed by atoms with Crippen molar-refractivity contribution in [2.24, 2.45) is 0 Å². The number of benzene rings is 1. The molecule has 0 saturated heterocycles. The second kappa shape index (κ2) is 8.48. The lowest BCUT2D eigenvalue weighted by Crippen LogP contribution is -2.31. The number of nitrogens with one attached hydrogen (secondary N) is 1. The number of carbonyl (C=O) groups excluding carboxylic acids is 1. The molecule has 0 radical (unpaired) electrons. The number of methoxy groups -OCH3 is 1. The first kappa shape index (κ1) is 19.2. The minimum Gasteiger partial charge on any atom is -0.497 e. The van der Waals surface area contributed by atoms with E-state index in [9.17, 15) is 4.79 Å². The summed E-state index contributed by atoms with van der Waals surface area (Å²) in [5, 5.41) is 11.5. The average molecular weight is 395 g/mol. The Hall–Kier alpha value is -3.13. The number of hydrogen-bond donors (Lipinski definition) is 1. The van der Waals surface area contributed by atoms with Gasteiger partial charge >= 0.3 is 5.97 Å². The van der Waals surface area contributed by atoms with Gasteiger partial charge in [0.05, 0.1) is 26.5 Å². The van der Waals surface area contributed by atoms with Crippen LogP contribution in [0.15, 0.2) is 36.7 Å². The Balaban J connectivity index is 1.60. The molecule has 8 nitrogen and oxygen atoms in total. The smallest absolute Gasteiger partial charge is 0.359 e. The van der Waals surface area contributed by atoms with Crippen LogP contribution in [0.5, 0.6) is 5.75 Å². The monoisotopic (exact) mass is 395 g/mol. The van der Waals surface area contributed by atoms with Gasteiger partial charge in [-0.3, -0.25) is 14.7 Å². The van der Waals surface area contributed by atoms with Crippen molar-refractivity contribution >= 4 is 5.97 Å². The average Bonchev–Trinajstić information content (AvgIpc) is 3.37. The molecule has 3 aromatic rings. The molecule has 0 saturated carbocycles. The Labute approximate surface area is 169 Å². The van der Waals surface area contributed by atoms with E-state index in [-0.39, 0.29) is 5.97 Å². The van der Waals surface area contributed by atoms with E-state index >= 15 is 0 Å². The predicted octanol–water partition coefficient (Wildman–Crippen LogP) is 2.40. The van der Waals surface area contributed by atoms with Crippen LogP contribution in [0.1, 0.15) is 39.8 Å². The number of H-pyrrole nitrogens is 1. The van der Waals surface area contributed by atoms with E-state index in [1.807, 2.05) is 48.3 Å². The summed E-state index contributed by atoms with van der Waals surface area (Å²) in [6, 6.07) is 7.91.